The Labute approximate surface area is 206 Å². The van der Waals surface area contributed by atoms with Crippen LogP contribution in [0.5, 0.6) is 0 Å². The summed E-state index contributed by atoms with van der Waals surface area (Å²) < 4.78 is 0. The summed E-state index contributed by atoms with van der Waals surface area (Å²) in [7, 11) is 0. The number of hydrogen-bond donors (Lipinski definition) is 4. The van der Waals surface area contributed by atoms with E-state index >= 15 is 0 Å². The van der Waals surface area contributed by atoms with Gasteiger partial charge in [-0.2, -0.15) is 5.26 Å². The second-order valence-electron chi connectivity index (χ2n) is 8.83. The first-order valence-electron chi connectivity index (χ1n) is 11.4. The number of aromatic nitrogens is 2. The zero-order valence-electron chi connectivity index (χ0n) is 18.9. The van der Waals surface area contributed by atoms with E-state index in [1.165, 1.54) is 11.8 Å². The topological polar surface area (TPSA) is 140 Å². The Hall–Kier alpha value is -3.52. The predicted molar refractivity (Wildman–Crippen MR) is 133 cm³/mol. The van der Waals surface area contributed by atoms with E-state index in [2.05, 4.69) is 32.0 Å². The Morgan fingerprint density at radius 1 is 1.26 bits per heavy atom. The van der Waals surface area contributed by atoms with Crippen molar-refractivity contribution in [2.24, 2.45) is 0 Å². The summed E-state index contributed by atoms with van der Waals surface area (Å²) >= 11 is 1.48. The number of carbonyl (C=O) groups is 2. The summed E-state index contributed by atoms with van der Waals surface area (Å²) in [5.41, 5.74) is 1.02. The standard InChI is InChI=1S/C25H24N6O3S/c26-12-15-1-3-19-18(11-15)20(7-10-27-19)30-24(33)25(34)8-5-16(6-9-25)28-13-17-2-4-21-23(29-17)31-22(32)14-35-21/h1-4,7,10-11,16,28,34H,5-6,8-9,13-14H2,(H,27,30,33)(H,29,31,32). The van der Waals surface area contributed by atoms with Crippen molar-refractivity contribution in [2.45, 2.75) is 48.8 Å². The molecule has 1 saturated carbocycles. The Morgan fingerprint density at radius 3 is 2.89 bits per heavy atom. The van der Waals surface area contributed by atoms with Crippen LogP contribution in [0.15, 0.2) is 47.5 Å². The van der Waals surface area contributed by atoms with E-state index in [0.717, 1.165) is 10.6 Å². The van der Waals surface area contributed by atoms with Crippen molar-refractivity contribution >= 4 is 46.0 Å². The zero-order valence-corrected chi connectivity index (χ0v) is 19.7. The molecule has 9 nitrogen and oxygen atoms in total. The quantitative estimate of drug-likeness (QED) is 0.430. The van der Waals surface area contributed by atoms with Gasteiger partial charge in [-0.1, -0.05) is 0 Å². The number of aliphatic hydroxyl groups is 1. The van der Waals surface area contributed by atoms with Crippen LogP contribution >= 0.6 is 11.8 Å². The third-order valence-corrected chi connectivity index (χ3v) is 7.51. The van der Waals surface area contributed by atoms with E-state index in [4.69, 9.17) is 0 Å². The van der Waals surface area contributed by atoms with Crippen molar-refractivity contribution in [2.75, 3.05) is 16.4 Å². The number of amides is 2. The average molecular weight is 489 g/mol. The minimum Gasteiger partial charge on any atom is -0.380 e. The molecule has 1 fully saturated rings. The van der Waals surface area contributed by atoms with Gasteiger partial charge < -0.3 is 21.1 Å². The Kier molecular flexibility index (Phi) is 6.38. The van der Waals surface area contributed by atoms with Gasteiger partial charge in [0.15, 0.2) is 0 Å². The van der Waals surface area contributed by atoms with Crippen LogP contribution in [-0.4, -0.2) is 44.3 Å². The molecule has 0 radical (unpaired) electrons. The molecule has 2 amide bonds. The van der Waals surface area contributed by atoms with Gasteiger partial charge in [-0.3, -0.25) is 14.6 Å². The molecule has 5 rings (SSSR count). The number of nitrogens with one attached hydrogen (secondary N) is 3. The Morgan fingerprint density at radius 2 is 2.09 bits per heavy atom. The van der Waals surface area contributed by atoms with Crippen molar-refractivity contribution in [3.63, 3.8) is 0 Å². The number of anilines is 2. The molecule has 4 N–H and O–H groups in total. The third-order valence-electron chi connectivity index (χ3n) is 6.46. The molecule has 0 spiro atoms. The van der Waals surface area contributed by atoms with Gasteiger partial charge in [0.1, 0.15) is 11.4 Å². The molecule has 0 atom stereocenters. The molecule has 3 aromatic rings. The lowest BCUT2D eigenvalue weighted by Crippen LogP contribution is -2.48. The van der Waals surface area contributed by atoms with Crippen molar-refractivity contribution in [3.8, 4) is 6.07 Å². The minimum absolute atomic E-state index is 0.0461. The fraction of sp³-hybridized carbons (Fsp3) is 0.320. The summed E-state index contributed by atoms with van der Waals surface area (Å²) in [6, 6.07) is 12.9. The number of nitriles is 1. The van der Waals surface area contributed by atoms with Crippen LogP contribution in [-0.2, 0) is 16.1 Å². The summed E-state index contributed by atoms with van der Waals surface area (Å²) in [6.45, 7) is 0.535. The summed E-state index contributed by atoms with van der Waals surface area (Å²) in [6.07, 6.45) is 3.52. The molecule has 0 bridgehead atoms. The molecular formula is C25H24N6O3S. The van der Waals surface area contributed by atoms with E-state index in [9.17, 15) is 20.0 Å². The number of pyridine rings is 2. The van der Waals surface area contributed by atoms with Gasteiger partial charge in [0.05, 0.1) is 39.2 Å². The van der Waals surface area contributed by atoms with Crippen LogP contribution in [0.4, 0.5) is 11.5 Å². The smallest absolute Gasteiger partial charge is 0.256 e. The summed E-state index contributed by atoms with van der Waals surface area (Å²) in [5, 5.41) is 30.0. The van der Waals surface area contributed by atoms with Crippen molar-refractivity contribution < 1.29 is 14.7 Å². The lowest BCUT2D eigenvalue weighted by Gasteiger charge is -2.35. The van der Waals surface area contributed by atoms with Crippen molar-refractivity contribution in [3.05, 3.63) is 53.9 Å². The van der Waals surface area contributed by atoms with Crippen LogP contribution in [0, 0.1) is 11.3 Å². The maximum atomic E-state index is 13.0. The highest BCUT2D eigenvalue weighted by atomic mass is 32.2. The first-order valence-corrected chi connectivity index (χ1v) is 12.4. The van der Waals surface area contributed by atoms with Crippen LogP contribution in [0.2, 0.25) is 0 Å². The SMILES string of the molecule is N#Cc1ccc2nccc(NC(=O)C3(O)CCC(NCc4ccc5c(n4)NC(=O)CS5)CC3)c2c1. The minimum atomic E-state index is -1.47. The van der Waals surface area contributed by atoms with Gasteiger partial charge in [-0.25, -0.2) is 4.98 Å². The molecular weight excluding hydrogens is 464 g/mol. The predicted octanol–water partition coefficient (Wildman–Crippen LogP) is 2.95. The molecule has 1 aliphatic carbocycles. The molecule has 0 saturated heterocycles. The molecule has 2 aromatic heterocycles. The van der Waals surface area contributed by atoms with Gasteiger partial charge in [0, 0.05) is 24.2 Å². The first kappa shape index (κ1) is 23.2. The van der Waals surface area contributed by atoms with Gasteiger partial charge in [-0.15, -0.1) is 11.8 Å². The number of nitrogens with zero attached hydrogens (tertiary/aromatic N) is 3. The number of hydrogen-bond acceptors (Lipinski definition) is 8. The molecule has 1 aliphatic heterocycles. The second kappa shape index (κ2) is 9.62. The lowest BCUT2D eigenvalue weighted by molar-refractivity contribution is -0.137. The molecule has 2 aliphatic rings. The van der Waals surface area contributed by atoms with Crippen LogP contribution in [0.25, 0.3) is 10.9 Å². The first-order chi connectivity index (χ1) is 16.9. The van der Waals surface area contributed by atoms with Crippen molar-refractivity contribution in [1.29, 1.82) is 5.26 Å². The number of carbonyl (C=O) groups excluding carboxylic acids is 2. The number of fused-ring (bicyclic) bond motifs is 2. The molecule has 178 valence electrons. The Bertz CT molecular complexity index is 1350. The fourth-order valence-electron chi connectivity index (χ4n) is 4.44. The maximum Gasteiger partial charge on any atom is 0.256 e. The maximum absolute atomic E-state index is 13.0. The highest BCUT2D eigenvalue weighted by Crippen LogP contribution is 2.32. The van der Waals surface area contributed by atoms with Crippen molar-refractivity contribution in [1.82, 2.24) is 15.3 Å². The van der Waals surface area contributed by atoms with E-state index < -0.39 is 11.5 Å². The second-order valence-corrected chi connectivity index (χ2v) is 9.85. The largest absolute Gasteiger partial charge is 0.380 e. The van der Waals surface area contributed by atoms with Gasteiger partial charge in [0.25, 0.3) is 5.91 Å². The van der Waals surface area contributed by atoms with E-state index in [1.807, 2.05) is 12.1 Å². The summed E-state index contributed by atoms with van der Waals surface area (Å²) in [5.74, 6) is 0.514. The number of benzene rings is 1. The van der Waals surface area contributed by atoms with Crippen LogP contribution in [0.1, 0.15) is 36.9 Å². The monoisotopic (exact) mass is 488 g/mol. The van der Waals surface area contributed by atoms with E-state index in [1.54, 1.807) is 30.5 Å². The van der Waals surface area contributed by atoms with Gasteiger partial charge in [0.2, 0.25) is 5.91 Å². The van der Waals surface area contributed by atoms with Gasteiger partial charge >= 0.3 is 0 Å². The third kappa shape index (κ3) is 4.98. The fourth-order valence-corrected chi connectivity index (χ4v) is 5.20. The normalized spacial score (nSPS) is 21.6. The molecule has 1 aromatic carbocycles. The average Bonchev–Trinajstić information content (AvgIpc) is 2.88. The molecule has 0 unspecified atom stereocenters. The van der Waals surface area contributed by atoms with Crippen LogP contribution in [0.3, 0.4) is 0 Å². The van der Waals surface area contributed by atoms with E-state index in [-0.39, 0.29) is 11.9 Å². The molecule has 35 heavy (non-hydrogen) atoms. The van der Waals surface area contributed by atoms with Crippen LogP contribution < -0.4 is 16.0 Å². The molecule has 3 heterocycles. The van der Waals surface area contributed by atoms with Gasteiger partial charge in [-0.05, 0) is 62.1 Å². The number of rotatable bonds is 5. The summed E-state index contributed by atoms with van der Waals surface area (Å²) in [4.78, 5) is 34.4. The Balaban J connectivity index is 1.19. The number of thioether (sulfide) groups is 1. The molecule has 10 heteroatoms. The van der Waals surface area contributed by atoms with E-state index in [0.29, 0.717) is 66.0 Å². The highest BCUT2D eigenvalue weighted by molar-refractivity contribution is 8.00. The lowest BCUT2D eigenvalue weighted by atomic mass is 9.81. The highest BCUT2D eigenvalue weighted by Gasteiger charge is 2.40. The zero-order chi connectivity index (χ0) is 24.4.